The number of nitrogens with one attached hydrogen (secondary N) is 1. The predicted octanol–water partition coefficient (Wildman–Crippen LogP) is 3.18. The zero-order valence-corrected chi connectivity index (χ0v) is 13.6. The van der Waals surface area contributed by atoms with Gasteiger partial charge in [0.05, 0.1) is 6.04 Å². The first kappa shape index (κ1) is 17.2. The molecule has 1 N–H and O–H groups in total. The maximum atomic E-state index is 12.9. The molecular formula is C19H23FN2O. The fourth-order valence-electron chi connectivity index (χ4n) is 2.46. The topological polar surface area (TPSA) is 32.3 Å². The van der Waals surface area contributed by atoms with Gasteiger partial charge >= 0.3 is 0 Å². The third-order valence-corrected chi connectivity index (χ3v) is 3.64. The Morgan fingerprint density at radius 3 is 2.35 bits per heavy atom. The molecule has 0 spiro atoms. The zero-order valence-electron chi connectivity index (χ0n) is 13.6. The molecule has 0 heterocycles. The van der Waals surface area contributed by atoms with Gasteiger partial charge in [0.25, 0.3) is 0 Å². The van der Waals surface area contributed by atoms with Gasteiger partial charge in [-0.1, -0.05) is 42.5 Å². The molecule has 1 amide bonds. The lowest BCUT2D eigenvalue weighted by Crippen LogP contribution is -2.35. The number of amides is 1. The Labute approximate surface area is 137 Å². The summed E-state index contributed by atoms with van der Waals surface area (Å²) < 4.78 is 12.9. The van der Waals surface area contributed by atoms with Gasteiger partial charge in [0, 0.05) is 13.0 Å². The first-order chi connectivity index (χ1) is 11.0. The van der Waals surface area contributed by atoms with Crippen LogP contribution in [0.25, 0.3) is 0 Å². The highest BCUT2D eigenvalue weighted by Gasteiger charge is 2.15. The van der Waals surface area contributed by atoms with Crippen molar-refractivity contribution in [3.63, 3.8) is 0 Å². The van der Waals surface area contributed by atoms with Crippen LogP contribution in [0.2, 0.25) is 0 Å². The number of hydrogen-bond acceptors (Lipinski definition) is 2. The van der Waals surface area contributed by atoms with Crippen molar-refractivity contribution < 1.29 is 9.18 Å². The number of carbonyl (C=O) groups excluding carboxylic acids is 1. The van der Waals surface area contributed by atoms with Crippen molar-refractivity contribution in [2.75, 3.05) is 20.6 Å². The first-order valence-corrected chi connectivity index (χ1v) is 7.78. The highest BCUT2D eigenvalue weighted by atomic mass is 19.1. The highest BCUT2D eigenvalue weighted by Crippen LogP contribution is 2.14. The summed E-state index contributed by atoms with van der Waals surface area (Å²) in [5.74, 6) is -0.252. The number of hydrogen-bond donors (Lipinski definition) is 1. The average molecular weight is 314 g/mol. The van der Waals surface area contributed by atoms with Gasteiger partial charge in [-0.3, -0.25) is 4.79 Å². The van der Waals surface area contributed by atoms with Crippen LogP contribution in [0.15, 0.2) is 54.6 Å². The van der Waals surface area contributed by atoms with Gasteiger partial charge in [-0.15, -0.1) is 0 Å². The van der Waals surface area contributed by atoms with E-state index >= 15 is 0 Å². The molecule has 0 saturated carbocycles. The van der Waals surface area contributed by atoms with Crippen molar-refractivity contribution in [2.45, 2.75) is 18.9 Å². The van der Waals surface area contributed by atoms with Gasteiger partial charge in [0.2, 0.25) is 5.91 Å². The van der Waals surface area contributed by atoms with Gasteiger partial charge in [0.1, 0.15) is 5.82 Å². The summed E-state index contributed by atoms with van der Waals surface area (Å²) in [6.07, 6.45) is 0.998. The van der Waals surface area contributed by atoms with Gasteiger partial charge in [-0.25, -0.2) is 4.39 Å². The maximum Gasteiger partial charge on any atom is 0.220 e. The van der Waals surface area contributed by atoms with Crippen LogP contribution >= 0.6 is 0 Å². The minimum absolute atomic E-state index is 0.00466. The summed E-state index contributed by atoms with van der Waals surface area (Å²) in [5, 5.41) is 3.09. The number of halogens is 1. The molecule has 4 heteroatoms. The second-order valence-corrected chi connectivity index (χ2v) is 5.92. The van der Waals surface area contributed by atoms with Gasteiger partial charge in [-0.05, 0) is 43.8 Å². The molecule has 2 aromatic rings. The van der Waals surface area contributed by atoms with E-state index in [-0.39, 0.29) is 17.8 Å². The lowest BCUT2D eigenvalue weighted by atomic mass is 10.1. The SMILES string of the molecule is CN(C)CC(NC(=O)CCc1ccc(F)cc1)c1ccccc1. The average Bonchev–Trinajstić information content (AvgIpc) is 2.54. The Hall–Kier alpha value is -2.20. The smallest absolute Gasteiger partial charge is 0.220 e. The summed E-state index contributed by atoms with van der Waals surface area (Å²) in [4.78, 5) is 14.3. The van der Waals surface area contributed by atoms with Crippen molar-refractivity contribution in [2.24, 2.45) is 0 Å². The summed E-state index contributed by atoms with van der Waals surface area (Å²) in [6, 6.07) is 16.2. The van der Waals surface area contributed by atoms with Crippen LogP contribution in [0.5, 0.6) is 0 Å². The summed E-state index contributed by atoms with van der Waals surface area (Å²) in [5.41, 5.74) is 2.06. The second kappa shape index (κ2) is 8.44. The Balaban J connectivity index is 1.93. The van der Waals surface area contributed by atoms with Gasteiger partial charge in [-0.2, -0.15) is 0 Å². The monoisotopic (exact) mass is 314 g/mol. The quantitative estimate of drug-likeness (QED) is 0.851. The fraction of sp³-hybridized carbons (Fsp3) is 0.316. The van der Waals surface area contributed by atoms with Crippen LogP contribution in [0.4, 0.5) is 4.39 Å². The first-order valence-electron chi connectivity index (χ1n) is 7.78. The molecule has 0 aliphatic heterocycles. The third-order valence-electron chi connectivity index (χ3n) is 3.64. The van der Waals surface area contributed by atoms with E-state index in [2.05, 4.69) is 10.2 Å². The van der Waals surface area contributed by atoms with Crippen LogP contribution in [0.1, 0.15) is 23.6 Å². The van der Waals surface area contributed by atoms with Crippen LogP contribution in [-0.2, 0) is 11.2 Å². The molecule has 23 heavy (non-hydrogen) atoms. The lowest BCUT2D eigenvalue weighted by molar-refractivity contribution is -0.121. The summed E-state index contributed by atoms with van der Waals surface area (Å²) >= 11 is 0. The standard InChI is InChI=1S/C19H23FN2O/c1-22(2)14-18(16-6-4-3-5-7-16)21-19(23)13-10-15-8-11-17(20)12-9-15/h3-9,11-12,18H,10,13-14H2,1-2H3,(H,21,23). The highest BCUT2D eigenvalue weighted by molar-refractivity contribution is 5.76. The third kappa shape index (κ3) is 5.83. The fourth-order valence-corrected chi connectivity index (χ4v) is 2.46. The molecule has 0 aliphatic carbocycles. The van der Waals surface area contributed by atoms with Crippen molar-refractivity contribution >= 4 is 5.91 Å². The normalized spacial score (nSPS) is 12.2. The minimum Gasteiger partial charge on any atom is -0.348 e. The molecule has 3 nitrogen and oxygen atoms in total. The van der Waals surface area contributed by atoms with E-state index in [1.165, 1.54) is 12.1 Å². The molecule has 2 rings (SSSR count). The number of rotatable bonds is 7. The summed E-state index contributed by atoms with van der Waals surface area (Å²) in [6.45, 7) is 0.742. The molecule has 0 bridgehead atoms. The summed E-state index contributed by atoms with van der Waals surface area (Å²) in [7, 11) is 3.97. The Morgan fingerprint density at radius 1 is 1.09 bits per heavy atom. The second-order valence-electron chi connectivity index (χ2n) is 5.92. The minimum atomic E-state index is -0.256. The molecule has 0 saturated heterocycles. The van der Waals surface area contributed by atoms with Crippen molar-refractivity contribution in [3.8, 4) is 0 Å². The Bertz CT molecular complexity index is 611. The largest absolute Gasteiger partial charge is 0.348 e. The zero-order chi connectivity index (χ0) is 16.7. The molecular weight excluding hydrogens is 291 g/mol. The van der Waals surface area contributed by atoms with E-state index in [1.54, 1.807) is 12.1 Å². The van der Waals surface area contributed by atoms with Gasteiger partial charge < -0.3 is 10.2 Å². The molecule has 122 valence electrons. The van der Waals surface area contributed by atoms with E-state index in [0.29, 0.717) is 12.8 Å². The molecule has 0 fully saturated rings. The predicted molar refractivity (Wildman–Crippen MR) is 90.6 cm³/mol. The number of carbonyl (C=O) groups is 1. The van der Waals surface area contributed by atoms with Gasteiger partial charge in [0.15, 0.2) is 0 Å². The number of aryl methyl sites for hydroxylation is 1. The Morgan fingerprint density at radius 2 is 1.74 bits per heavy atom. The van der Waals surface area contributed by atoms with Crippen LogP contribution < -0.4 is 5.32 Å². The van der Waals surface area contributed by atoms with Crippen molar-refractivity contribution in [1.29, 1.82) is 0 Å². The molecule has 1 unspecified atom stereocenters. The van der Waals surface area contributed by atoms with E-state index in [1.807, 2.05) is 44.4 Å². The molecule has 0 aromatic heterocycles. The van der Waals surface area contributed by atoms with E-state index < -0.39 is 0 Å². The van der Waals surface area contributed by atoms with E-state index in [9.17, 15) is 9.18 Å². The number of nitrogens with zero attached hydrogens (tertiary/aromatic N) is 1. The Kier molecular flexibility index (Phi) is 6.29. The molecule has 1 atom stereocenters. The molecule has 0 radical (unpaired) electrons. The number of likely N-dealkylation sites (N-methyl/N-ethyl adjacent to an activating group) is 1. The van der Waals surface area contributed by atoms with Crippen molar-refractivity contribution in [1.82, 2.24) is 10.2 Å². The number of benzene rings is 2. The lowest BCUT2D eigenvalue weighted by Gasteiger charge is -2.23. The van der Waals surface area contributed by atoms with Crippen LogP contribution in [0.3, 0.4) is 0 Å². The maximum absolute atomic E-state index is 12.9. The van der Waals surface area contributed by atoms with E-state index in [0.717, 1.165) is 17.7 Å². The van der Waals surface area contributed by atoms with Crippen LogP contribution in [0, 0.1) is 5.82 Å². The van der Waals surface area contributed by atoms with Crippen molar-refractivity contribution in [3.05, 3.63) is 71.5 Å². The molecule has 0 aliphatic rings. The van der Waals surface area contributed by atoms with E-state index in [4.69, 9.17) is 0 Å². The van der Waals surface area contributed by atoms with Crippen LogP contribution in [-0.4, -0.2) is 31.4 Å². The molecule has 2 aromatic carbocycles.